The minimum atomic E-state index is -0.685. The number of nitrogens with zero attached hydrogens (tertiary/aromatic N) is 2. The molecule has 1 aromatic heterocycles. The Morgan fingerprint density at radius 2 is 1.82 bits per heavy atom. The smallest absolute Gasteiger partial charge is 0.255 e. The van der Waals surface area contributed by atoms with Crippen LogP contribution >= 0.6 is 0 Å². The molecule has 4 rings (SSSR count). The summed E-state index contributed by atoms with van der Waals surface area (Å²) in [4.78, 5) is 39.9. The van der Waals surface area contributed by atoms with Gasteiger partial charge in [0.1, 0.15) is 17.3 Å². The van der Waals surface area contributed by atoms with Crippen molar-refractivity contribution in [2.24, 2.45) is 5.73 Å². The zero-order chi connectivity index (χ0) is 27.8. The molecule has 1 fully saturated rings. The van der Waals surface area contributed by atoms with Crippen molar-refractivity contribution in [2.75, 3.05) is 46.1 Å². The van der Waals surface area contributed by atoms with Gasteiger partial charge in [-0.2, -0.15) is 0 Å². The number of amides is 1. The Labute approximate surface area is 226 Å². The second-order valence-electron chi connectivity index (χ2n) is 9.49. The van der Waals surface area contributed by atoms with Crippen molar-refractivity contribution in [1.82, 2.24) is 9.47 Å². The Balaban J connectivity index is 1.67. The average molecular weight is 540 g/mol. The van der Waals surface area contributed by atoms with Crippen LogP contribution in [0.4, 0.5) is 4.39 Å². The van der Waals surface area contributed by atoms with Gasteiger partial charge in [0.25, 0.3) is 5.91 Å². The molecule has 2 N–H and O–H groups in total. The van der Waals surface area contributed by atoms with Crippen LogP contribution in [0.3, 0.4) is 0 Å². The van der Waals surface area contributed by atoms with Crippen LogP contribution in [0.1, 0.15) is 26.2 Å². The van der Waals surface area contributed by atoms with Crippen molar-refractivity contribution in [3.63, 3.8) is 0 Å². The molecule has 0 radical (unpaired) electrons. The number of pyridine rings is 1. The normalized spacial score (nSPS) is 13.9. The molecule has 2 heterocycles. The number of ketones is 1. The summed E-state index contributed by atoms with van der Waals surface area (Å²) in [6, 6.07) is 9.19. The van der Waals surface area contributed by atoms with Crippen molar-refractivity contribution >= 4 is 22.6 Å². The number of morpholine rings is 1. The zero-order valence-corrected chi connectivity index (χ0v) is 22.1. The lowest BCUT2D eigenvalue weighted by molar-refractivity contribution is -0.120. The predicted molar refractivity (Wildman–Crippen MR) is 146 cm³/mol. The molecule has 0 unspecified atom stereocenters. The molecule has 1 amide bonds. The van der Waals surface area contributed by atoms with E-state index >= 15 is 4.39 Å². The number of ether oxygens (including phenoxy) is 3. The van der Waals surface area contributed by atoms with E-state index in [-0.39, 0.29) is 35.4 Å². The third kappa shape index (κ3) is 7.21. The summed E-state index contributed by atoms with van der Waals surface area (Å²) in [7, 11) is 0. The fraction of sp³-hybridized carbons (Fsp3) is 0.414. The second kappa shape index (κ2) is 13.3. The number of nitrogens with two attached hydrogens (primary N) is 1. The minimum absolute atomic E-state index is 0.0277. The monoisotopic (exact) mass is 539 g/mol. The highest BCUT2D eigenvalue weighted by Crippen LogP contribution is 2.30. The Hall–Kier alpha value is -3.76. The Kier molecular flexibility index (Phi) is 9.67. The van der Waals surface area contributed by atoms with Gasteiger partial charge in [-0.1, -0.05) is 19.1 Å². The van der Waals surface area contributed by atoms with Crippen molar-refractivity contribution in [3.8, 4) is 22.6 Å². The number of halogens is 1. The summed E-state index contributed by atoms with van der Waals surface area (Å²) in [5, 5.41) is -0.128. The first kappa shape index (κ1) is 28.3. The van der Waals surface area contributed by atoms with Crippen LogP contribution in [-0.4, -0.2) is 67.2 Å². The number of aromatic nitrogens is 1. The van der Waals surface area contributed by atoms with E-state index in [4.69, 9.17) is 19.9 Å². The molecule has 0 bridgehead atoms. The standard InChI is InChI=1S/C29H34FN3O6/c1-2-14-38-25-10-9-24(30)27-28(25)33(17-21(34)4-3-11-32-12-15-37-16-13-32)18-23(29(27)36)20-5-7-22(8-6-20)39-19-26(31)35/h5-10,18H,2-4,11-17,19H2,1H3,(H2,31,35). The number of hydrogen-bond acceptors (Lipinski definition) is 7. The molecule has 3 aromatic rings. The van der Waals surface area contributed by atoms with Gasteiger partial charge in [-0.05, 0) is 49.2 Å². The van der Waals surface area contributed by atoms with Gasteiger partial charge >= 0.3 is 0 Å². The van der Waals surface area contributed by atoms with Crippen LogP contribution in [-0.2, 0) is 20.9 Å². The van der Waals surface area contributed by atoms with Crippen LogP contribution in [0.2, 0.25) is 0 Å². The van der Waals surface area contributed by atoms with E-state index < -0.39 is 17.2 Å². The first-order valence-electron chi connectivity index (χ1n) is 13.2. The van der Waals surface area contributed by atoms with Gasteiger partial charge in [0.2, 0.25) is 0 Å². The largest absolute Gasteiger partial charge is 0.491 e. The predicted octanol–water partition coefficient (Wildman–Crippen LogP) is 3.14. The van der Waals surface area contributed by atoms with E-state index in [1.54, 1.807) is 35.0 Å². The summed E-state index contributed by atoms with van der Waals surface area (Å²) in [5.74, 6) is -0.567. The van der Waals surface area contributed by atoms with E-state index in [2.05, 4.69) is 4.90 Å². The maximum absolute atomic E-state index is 15.2. The molecule has 1 aliphatic heterocycles. The molecule has 39 heavy (non-hydrogen) atoms. The Bertz CT molecular complexity index is 1370. The molecule has 0 saturated carbocycles. The fourth-order valence-electron chi connectivity index (χ4n) is 4.60. The number of fused-ring (bicyclic) bond motifs is 1. The molecule has 208 valence electrons. The van der Waals surface area contributed by atoms with Gasteiger partial charge in [0.05, 0.1) is 37.3 Å². The number of rotatable bonds is 13. The summed E-state index contributed by atoms with van der Waals surface area (Å²) in [6.45, 7) is 5.93. The number of Topliss-reactive ketones (excluding diaryl/α,β-unsaturated/α-hetero) is 1. The lowest BCUT2D eigenvalue weighted by Crippen LogP contribution is -2.37. The Morgan fingerprint density at radius 3 is 2.51 bits per heavy atom. The number of primary amides is 1. The van der Waals surface area contributed by atoms with E-state index in [1.165, 1.54) is 12.1 Å². The lowest BCUT2D eigenvalue weighted by Gasteiger charge is -2.26. The summed E-state index contributed by atoms with van der Waals surface area (Å²) in [6.07, 6.45) is 3.37. The second-order valence-corrected chi connectivity index (χ2v) is 9.49. The molecule has 0 atom stereocenters. The number of benzene rings is 2. The van der Waals surface area contributed by atoms with Gasteiger partial charge in [-0.25, -0.2) is 4.39 Å². The van der Waals surface area contributed by atoms with Crippen LogP contribution in [0.5, 0.6) is 11.5 Å². The first-order chi connectivity index (χ1) is 18.9. The quantitative estimate of drug-likeness (QED) is 0.355. The highest BCUT2D eigenvalue weighted by Gasteiger charge is 2.20. The van der Waals surface area contributed by atoms with E-state index in [9.17, 15) is 14.4 Å². The number of hydrogen-bond donors (Lipinski definition) is 1. The molecule has 1 saturated heterocycles. The summed E-state index contributed by atoms with van der Waals surface area (Å²) < 4.78 is 33.3. The van der Waals surface area contributed by atoms with Crippen molar-refractivity contribution < 1.29 is 28.2 Å². The molecule has 0 spiro atoms. The van der Waals surface area contributed by atoms with E-state index in [0.29, 0.717) is 49.7 Å². The number of carbonyl (C=O) groups excluding carboxylic acids is 2. The topological polar surface area (TPSA) is 113 Å². The molecular formula is C29H34FN3O6. The maximum Gasteiger partial charge on any atom is 0.255 e. The van der Waals surface area contributed by atoms with Gasteiger partial charge < -0.3 is 24.5 Å². The summed E-state index contributed by atoms with van der Waals surface area (Å²) in [5.41, 5.74) is 5.63. The average Bonchev–Trinajstić information content (AvgIpc) is 2.93. The maximum atomic E-state index is 15.2. The van der Waals surface area contributed by atoms with Crippen LogP contribution in [0.25, 0.3) is 22.0 Å². The molecule has 0 aliphatic carbocycles. The fourth-order valence-corrected chi connectivity index (χ4v) is 4.60. The zero-order valence-electron chi connectivity index (χ0n) is 22.1. The third-order valence-corrected chi connectivity index (χ3v) is 6.52. The summed E-state index contributed by atoms with van der Waals surface area (Å²) >= 11 is 0. The lowest BCUT2D eigenvalue weighted by atomic mass is 10.0. The van der Waals surface area contributed by atoms with Crippen molar-refractivity contribution in [3.05, 3.63) is 58.6 Å². The van der Waals surface area contributed by atoms with Gasteiger partial charge in [-0.15, -0.1) is 0 Å². The van der Waals surface area contributed by atoms with Crippen molar-refractivity contribution in [2.45, 2.75) is 32.7 Å². The van der Waals surface area contributed by atoms with Crippen molar-refractivity contribution in [1.29, 1.82) is 0 Å². The van der Waals surface area contributed by atoms with Gasteiger partial charge in [0.15, 0.2) is 17.8 Å². The molecule has 1 aliphatic rings. The van der Waals surface area contributed by atoms with Crippen LogP contribution in [0, 0.1) is 5.82 Å². The third-order valence-electron chi connectivity index (χ3n) is 6.52. The molecule has 9 nitrogen and oxygen atoms in total. The Morgan fingerprint density at radius 1 is 1.08 bits per heavy atom. The van der Waals surface area contributed by atoms with E-state index in [0.717, 1.165) is 26.1 Å². The first-order valence-corrected chi connectivity index (χ1v) is 13.2. The SMILES string of the molecule is CCCOc1ccc(F)c2c(=O)c(-c3ccc(OCC(N)=O)cc3)cn(CC(=O)CCCN3CCOCC3)c12. The van der Waals surface area contributed by atoms with Gasteiger partial charge in [-0.3, -0.25) is 19.3 Å². The van der Waals surface area contributed by atoms with Gasteiger partial charge in [0, 0.05) is 31.3 Å². The van der Waals surface area contributed by atoms with Crippen LogP contribution < -0.4 is 20.6 Å². The van der Waals surface area contributed by atoms with E-state index in [1.807, 2.05) is 6.92 Å². The molecule has 10 heteroatoms. The van der Waals surface area contributed by atoms with Crippen LogP contribution in [0.15, 0.2) is 47.4 Å². The molecule has 2 aromatic carbocycles. The highest BCUT2D eigenvalue weighted by atomic mass is 19.1. The molecular weight excluding hydrogens is 505 g/mol. The number of carbonyl (C=O) groups is 2. The highest BCUT2D eigenvalue weighted by molar-refractivity contribution is 5.91. The minimum Gasteiger partial charge on any atom is -0.491 e.